The highest BCUT2D eigenvalue weighted by molar-refractivity contribution is 9.10. The smallest absolute Gasteiger partial charge is 0.139 e. The van der Waals surface area contributed by atoms with Gasteiger partial charge in [-0.2, -0.15) is 5.10 Å². The van der Waals surface area contributed by atoms with Crippen LogP contribution in [0.4, 0.5) is 5.82 Å². The van der Waals surface area contributed by atoms with Crippen LogP contribution in [0, 0.1) is 5.92 Å². The molecule has 1 aliphatic heterocycles. The van der Waals surface area contributed by atoms with Gasteiger partial charge < -0.3 is 4.90 Å². The number of nitrogens with zero attached hydrogens (tertiary/aromatic N) is 5. The Bertz CT molecular complexity index is 773. The summed E-state index contributed by atoms with van der Waals surface area (Å²) in [6.07, 6.45) is 5.49. The van der Waals surface area contributed by atoms with Crippen LogP contribution < -0.4 is 4.90 Å². The van der Waals surface area contributed by atoms with Crippen molar-refractivity contribution in [3.63, 3.8) is 0 Å². The Morgan fingerprint density at radius 3 is 2.86 bits per heavy atom. The lowest BCUT2D eigenvalue weighted by molar-refractivity contribution is 0.341. The van der Waals surface area contributed by atoms with E-state index in [1.165, 1.54) is 0 Å². The second kappa shape index (κ2) is 5.11. The quantitative estimate of drug-likeness (QED) is 0.733. The Labute approximate surface area is 130 Å². The minimum atomic E-state index is 0.616. The largest absolute Gasteiger partial charge is 0.355 e. The van der Waals surface area contributed by atoms with Crippen molar-refractivity contribution < 1.29 is 0 Å². The molecule has 0 radical (unpaired) electrons. The molecule has 4 rings (SSSR count). The van der Waals surface area contributed by atoms with E-state index in [0.29, 0.717) is 5.92 Å². The minimum absolute atomic E-state index is 0.616. The Morgan fingerprint density at radius 2 is 2.05 bits per heavy atom. The number of hydrogen-bond donors (Lipinski definition) is 0. The number of para-hydroxylation sites is 1. The van der Waals surface area contributed by atoms with Gasteiger partial charge in [0, 0.05) is 37.1 Å². The first-order valence-electron chi connectivity index (χ1n) is 6.92. The van der Waals surface area contributed by atoms with Crippen LogP contribution in [-0.4, -0.2) is 32.8 Å². The summed E-state index contributed by atoms with van der Waals surface area (Å²) in [5.41, 5.74) is 1.00. The van der Waals surface area contributed by atoms with Crippen LogP contribution >= 0.6 is 15.9 Å². The van der Waals surface area contributed by atoms with Gasteiger partial charge >= 0.3 is 0 Å². The molecule has 106 valence electrons. The van der Waals surface area contributed by atoms with Gasteiger partial charge in [0.2, 0.25) is 0 Å². The predicted molar refractivity (Wildman–Crippen MR) is 85.2 cm³/mol. The summed E-state index contributed by atoms with van der Waals surface area (Å²) in [6.45, 7) is 2.97. The molecule has 6 heteroatoms. The molecule has 0 N–H and O–H groups in total. The Kier molecular flexibility index (Phi) is 3.11. The molecule has 3 heterocycles. The van der Waals surface area contributed by atoms with Crippen molar-refractivity contribution >= 4 is 32.7 Å². The zero-order valence-electron chi connectivity index (χ0n) is 11.4. The first-order valence-corrected chi connectivity index (χ1v) is 7.71. The molecule has 0 aliphatic carbocycles. The molecule has 0 atom stereocenters. The lowest BCUT2D eigenvalue weighted by Crippen LogP contribution is -2.49. The summed E-state index contributed by atoms with van der Waals surface area (Å²) < 4.78 is 3.02. The van der Waals surface area contributed by atoms with Gasteiger partial charge in [-0.25, -0.2) is 9.97 Å². The fourth-order valence-electron chi connectivity index (χ4n) is 2.80. The number of anilines is 1. The monoisotopic (exact) mass is 343 g/mol. The van der Waals surface area contributed by atoms with E-state index in [1.807, 2.05) is 35.3 Å². The molecule has 0 unspecified atom stereocenters. The molecule has 1 fully saturated rings. The highest BCUT2D eigenvalue weighted by Gasteiger charge is 2.29. The van der Waals surface area contributed by atoms with Gasteiger partial charge in [-0.1, -0.05) is 12.1 Å². The standard InChI is InChI=1S/C15H14BrN5/c16-12-5-19-21(9-12)8-11-6-20(7-11)15-13-3-1-2-4-14(13)17-10-18-15/h1-5,9-11H,6-8H2. The van der Waals surface area contributed by atoms with E-state index in [-0.39, 0.29) is 0 Å². The van der Waals surface area contributed by atoms with E-state index in [9.17, 15) is 0 Å². The molecular formula is C15H14BrN5. The molecule has 5 nitrogen and oxygen atoms in total. The van der Waals surface area contributed by atoms with E-state index in [4.69, 9.17) is 0 Å². The zero-order valence-corrected chi connectivity index (χ0v) is 12.9. The summed E-state index contributed by atoms with van der Waals surface area (Å²) in [5, 5.41) is 5.44. The maximum absolute atomic E-state index is 4.46. The van der Waals surface area contributed by atoms with Crippen molar-refractivity contribution in [3.05, 3.63) is 47.5 Å². The van der Waals surface area contributed by atoms with E-state index >= 15 is 0 Å². The zero-order chi connectivity index (χ0) is 14.2. The molecule has 0 spiro atoms. The summed E-state index contributed by atoms with van der Waals surface area (Å²) in [6, 6.07) is 8.16. The summed E-state index contributed by atoms with van der Waals surface area (Å²) >= 11 is 3.43. The Morgan fingerprint density at radius 1 is 1.19 bits per heavy atom. The number of benzene rings is 1. The fourth-order valence-corrected chi connectivity index (χ4v) is 3.13. The minimum Gasteiger partial charge on any atom is -0.355 e. The van der Waals surface area contributed by atoms with Crippen molar-refractivity contribution in [1.29, 1.82) is 0 Å². The molecule has 21 heavy (non-hydrogen) atoms. The summed E-state index contributed by atoms with van der Waals surface area (Å²) in [4.78, 5) is 11.1. The van der Waals surface area contributed by atoms with Gasteiger partial charge in [0.25, 0.3) is 0 Å². The van der Waals surface area contributed by atoms with Gasteiger partial charge in [0.15, 0.2) is 0 Å². The van der Waals surface area contributed by atoms with Crippen molar-refractivity contribution in [2.45, 2.75) is 6.54 Å². The average molecular weight is 344 g/mol. The lowest BCUT2D eigenvalue weighted by atomic mass is 9.99. The maximum Gasteiger partial charge on any atom is 0.139 e. The fraction of sp³-hybridized carbons (Fsp3) is 0.267. The normalized spacial score (nSPS) is 15.4. The second-order valence-electron chi connectivity index (χ2n) is 5.37. The number of aromatic nitrogens is 4. The molecule has 1 saturated heterocycles. The molecule has 0 bridgehead atoms. The van der Waals surface area contributed by atoms with Crippen LogP contribution in [0.5, 0.6) is 0 Å². The number of halogens is 1. The van der Waals surface area contributed by atoms with Crippen LogP contribution in [0.1, 0.15) is 0 Å². The molecular weight excluding hydrogens is 330 g/mol. The molecule has 0 saturated carbocycles. The van der Waals surface area contributed by atoms with Gasteiger partial charge in [-0.3, -0.25) is 4.68 Å². The second-order valence-corrected chi connectivity index (χ2v) is 6.28. The van der Waals surface area contributed by atoms with E-state index in [2.05, 4.69) is 42.0 Å². The van der Waals surface area contributed by atoms with E-state index < -0.39 is 0 Å². The third-order valence-corrected chi connectivity index (χ3v) is 4.23. The topological polar surface area (TPSA) is 46.8 Å². The van der Waals surface area contributed by atoms with Gasteiger partial charge in [-0.15, -0.1) is 0 Å². The van der Waals surface area contributed by atoms with Crippen LogP contribution in [0.15, 0.2) is 47.5 Å². The van der Waals surface area contributed by atoms with Gasteiger partial charge in [-0.05, 0) is 28.1 Å². The molecule has 3 aromatic rings. The molecule has 0 amide bonds. The van der Waals surface area contributed by atoms with Crippen LogP contribution in [0.2, 0.25) is 0 Å². The first-order chi connectivity index (χ1) is 10.3. The van der Waals surface area contributed by atoms with Gasteiger partial charge in [0.05, 0.1) is 16.2 Å². The van der Waals surface area contributed by atoms with Gasteiger partial charge in [0.1, 0.15) is 12.1 Å². The van der Waals surface area contributed by atoms with Crippen molar-refractivity contribution in [1.82, 2.24) is 19.7 Å². The third kappa shape index (κ3) is 2.40. The molecule has 1 aromatic carbocycles. The van der Waals surface area contributed by atoms with Crippen molar-refractivity contribution in [3.8, 4) is 0 Å². The predicted octanol–water partition coefficient (Wildman–Crippen LogP) is 2.73. The number of hydrogen-bond acceptors (Lipinski definition) is 4. The van der Waals surface area contributed by atoms with E-state index in [1.54, 1.807) is 6.33 Å². The molecule has 1 aliphatic rings. The van der Waals surface area contributed by atoms with Crippen LogP contribution in [0.25, 0.3) is 10.9 Å². The van der Waals surface area contributed by atoms with Crippen LogP contribution in [-0.2, 0) is 6.54 Å². The van der Waals surface area contributed by atoms with Crippen LogP contribution in [0.3, 0.4) is 0 Å². The first kappa shape index (κ1) is 12.8. The summed E-state index contributed by atoms with van der Waals surface area (Å²) in [7, 11) is 0. The third-order valence-electron chi connectivity index (χ3n) is 3.83. The number of rotatable bonds is 3. The van der Waals surface area contributed by atoms with E-state index in [0.717, 1.165) is 40.8 Å². The van der Waals surface area contributed by atoms with Crippen molar-refractivity contribution in [2.24, 2.45) is 5.92 Å². The highest BCUT2D eigenvalue weighted by Crippen LogP contribution is 2.29. The Hall–Kier alpha value is -1.95. The summed E-state index contributed by atoms with van der Waals surface area (Å²) in [5.74, 6) is 1.66. The average Bonchev–Trinajstić information content (AvgIpc) is 2.87. The van der Waals surface area contributed by atoms with Crippen molar-refractivity contribution in [2.75, 3.05) is 18.0 Å². The lowest BCUT2D eigenvalue weighted by Gasteiger charge is -2.40. The SMILES string of the molecule is Brc1cnn(CC2CN(c3ncnc4ccccc34)C2)c1. The highest BCUT2D eigenvalue weighted by atomic mass is 79.9. The Balaban J connectivity index is 1.49. The maximum atomic E-state index is 4.46. The number of fused-ring (bicyclic) bond motifs is 1. The molecule has 2 aromatic heterocycles.